The summed E-state index contributed by atoms with van der Waals surface area (Å²) in [5.74, 6) is 0.170. The number of nitrogens with one attached hydrogen (secondary N) is 1. The molecule has 0 saturated heterocycles. The number of carbonyl (C=O) groups is 2. The molecule has 1 N–H and O–H groups in total. The van der Waals surface area contributed by atoms with Crippen LogP contribution in [-0.2, 0) is 9.53 Å². The van der Waals surface area contributed by atoms with Crippen molar-refractivity contribution in [1.82, 2.24) is 4.98 Å². The maximum Gasteiger partial charge on any atom is 0.351 e. The number of ether oxygens (including phenoxy) is 3. The van der Waals surface area contributed by atoms with Crippen molar-refractivity contribution in [3.63, 3.8) is 0 Å². The van der Waals surface area contributed by atoms with Crippen molar-refractivity contribution in [2.75, 3.05) is 6.61 Å². The SMILES string of the molecule is C[C@H](OC(=O)[C@H]1COc2ccccc2O1)C(=O)c1c[nH]c2ccccc12. The van der Waals surface area contributed by atoms with Crippen molar-refractivity contribution in [2.24, 2.45) is 0 Å². The van der Waals surface area contributed by atoms with Gasteiger partial charge in [0.15, 0.2) is 17.6 Å². The van der Waals surface area contributed by atoms with Crippen LogP contribution in [0.25, 0.3) is 10.9 Å². The Hall–Kier alpha value is -3.28. The fourth-order valence-corrected chi connectivity index (χ4v) is 2.93. The minimum Gasteiger partial charge on any atom is -0.485 e. The summed E-state index contributed by atoms with van der Waals surface area (Å²) < 4.78 is 16.5. The lowest BCUT2D eigenvalue weighted by atomic mass is 10.1. The third kappa shape index (κ3) is 2.90. The van der Waals surface area contributed by atoms with Gasteiger partial charge in [0.1, 0.15) is 6.61 Å². The Labute approximate surface area is 149 Å². The van der Waals surface area contributed by atoms with Crippen LogP contribution in [0.15, 0.2) is 54.7 Å². The molecule has 0 spiro atoms. The van der Waals surface area contributed by atoms with Crippen LogP contribution in [-0.4, -0.2) is 35.6 Å². The Morgan fingerprint density at radius 2 is 1.85 bits per heavy atom. The normalized spacial score (nSPS) is 16.9. The number of hydrogen-bond acceptors (Lipinski definition) is 5. The first kappa shape index (κ1) is 16.2. The van der Waals surface area contributed by atoms with E-state index in [0.717, 1.165) is 10.9 Å². The highest BCUT2D eigenvalue weighted by molar-refractivity contribution is 6.10. The van der Waals surface area contributed by atoms with Crippen LogP contribution in [0.4, 0.5) is 0 Å². The summed E-state index contributed by atoms with van der Waals surface area (Å²) in [5, 5.41) is 0.798. The zero-order valence-electron chi connectivity index (χ0n) is 14.1. The first-order valence-corrected chi connectivity index (χ1v) is 8.33. The van der Waals surface area contributed by atoms with Gasteiger partial charge in [-0.05, 0) is 25.1 Å². The van der Waals surface area contributed by atoms with E-state index in [1.165, 1.54) is 0 Å². The Morgan fingerprint density at radius 1 is 1.12 bits per heavy atom. The molecule has 0 amide bonds. The quantitative estimate of drug-likeness (QED) is 0.577. The van der Waals surface area contributed by atoms with Crippen LogP contribution in [0.2, 0.25) is 0 Å². The molecule has 0 fully saturated rings. The largest absolute Gasteiger partial charge is 0.485 e. The summed E-state index contributed by atoms with van der Waals surface area (Å²) in [5.41, 5.74) is 1.35. The molecule has 4 rings (SSSR count). The number of ketones is 1. The van der Waals surface area contributed by atoms with E-state index in [4.69, 9.17) is 14.2 Å². The number of esters is 1. The lowest BCUT2D eigenvalue weighted by Crippen LogP contribution is -2.40. The monoisotopic (exact) mass is 351 g/mol. The molecule has 1 aliphatic heterocycles. The smallest absolute Gasteiger partial charge is 0.351 e. The van der Waals surface area contributed by atoms with Crippen molar-refractivity contribution >= 4 is 22.7 Å². The molecule has 2 atom stereocenters. The summed E-state index contributed by atoms with van der Waals surface area (Å²) in [6.07, 6.45) is -0.195. The van der Waals surface area contributed by atoms with E-state index in [-0.39, 0.29) is 12.4 Å². The predicted molar refractivity (Wildman–Crippen MR) is 94.5 cm³/mol. The minimum atomic E-state index is -0.928. The molecule has 6 heteroatoms. The average molecular weight is 351 g/mol. The van der Waals surface area contributed by atoms with Crippen LogP contribution < -0.4 is 9.47 Å². The van der Waals surface area contributed by atoms with Crippen LogP contribution in [0.5, 0.6) is 11.5 Å². The molecule has 0 radical (unpaired) electrons. The average Bonchev–Trinajstić information content (AvgIpc) is 3.11. The first-order valence-electron chi connectivity index (χ1n) is 8.33. The lowest BCUT2D eigenvalue weighted by Gasteiger charge is -2.25. The molecule has 6 nitrogen and oxygen atoms in total. The second-order valence-corrected chi connectivity index (χ2v) is 6.06. The standard InChI is InChI=1S/C20H17NO5/c1-12(19(22)14-10-21-15-7-3-2-6-13(14)15)25-20(23)18-11-24-16-8-4-5-9-17(16)26-18/h2-10,12,18,21H,11H2,1H3/t12-,18+/m0/s1. The fraction of sp³-hybridized carbons (Fsp3) is 0.200. The van der Waals surface area contributed by atoms with E-state index in [1.807, 2.05) is 30.3 Å². The van der Waals surface area contributed by atoms with Crippen molar-refractivity contribution in [1.29, 1.82) is 0 Å². The zero-order chi connectivity index (χ0) is 18.1. The van der Waals surface area contributed by atoms with Gasteiger partial charge in [0.25, 0.3) is 0 Å². The predicted octanol–water partition coefficient (Wildman–Crippen LogP) is 3.12. The number of Topliss-reactive ketones (excluding diaryl/α,β-unsaturated/α-hetero) is 1. The van der Waals surface area contributed by atoms with Gasteiger partial charge in [-0.15, -0.1) is 0 Å². The maximum absolute atomic E-state index is 12.7. The maximum atomic E-state index is 12.7. The van der Waals surface area contributed by atoms with E-state index >= 15 is 0 Å². The highest BCUT2D eigenvalue weighted by Gasteiger charge is 2.31. The van der Waals surface area contributed by atoms with E-state index in [9.17, 15) is 9.59 Å². The Balaban J connectivity index is 1.45. The molecule has 1 aliphatic rings. The van der Waals surface area contributed by atoms with Crippen molar-refractivity contribution in [3.8, 4) is 11.5 Å². The summed E-state index contributed by atoms with van der Waals surface area (Å²) in [4.78, 5) is 28.1. The fourth-order valence-electron chi connectivity index (χ4n) is 2.93. The molecule has 0 unspecified atom stereocenters. The van der Waals surface area contributed by atoms with E-state index in [1.54, 1.807) is 31.3 Å². The minimum absolute atomic E-state index is 0.0455. The molecule has 1 aromatic heterocycles. The van der Waals surface area contributed by atoms with Gasteiger partial charge >= 0.3 is 5.97 Å². The molecule has 3 aromatic rings. The number of aromatic nitrogens is 1. The number of rotatable bonds is 4. The number of hydrogen-bond donors (Lipinski definition) is 1. The molecule has 2 heterocycles. The Morgan fingerprint density at radius 3 is 2.69 bits per heavy atom. The zero-order valence-corrected chi connectivity index (χ0v) is 14.1. The summed E-state index contributed by atoms with van der Waals surface area (Å²) in [6, 6.07) is 14.6. The number of benzene rings is 2. The van der Waals surface area contributed by atoms with Crippen LogP contribution in [0.1, 0.15) is 17.3 Å². The molecule has 2 aromatic carbocycles. The number of para-hydroxylation sites is 3. The molecule has 0 bridgehead atoms. The van der Waals surface area contributed by atoms with E-state index in [2.05, 4.69) is 4.98 Å². The highest BCUT2D eigenvalue weighted by atomic mass is 16.6. The van der Waals surface area contributed by atoms with Crippen molar-refractivity contribution < 1.29 is 23.8 Å². The van der Waals surface area contributed by atoms with Gasteiger partial charge in [-0.3, -0.25) is 4.79 Å². The van der Waals surface area contributed by atoms with E-state index < -0.39 is 18.2 Å². The Bertz CT molecular complexity index is 977. The van der Waals surface area contributed by atoms with Gasteiger partial charge in [-0.2, -0.15) is 0 Å². The van der Waals surface area contributed by atoms with Gasteiger partial charge < -0.3 is 19.2 Å². The van der Waals surface area contributed by atoms with Crippen LogP contribution in [0, 0.1) is 0 Å². The van der Waals surface area contributed by atoms with Crippen molar-refractivity contribution in [3.05, 3.63) is 60.3 Å². The van der Waals surface area contributed by atoms with E-state index in [0.29, 0.717) is 17.1 Å². The lowest BCUT2D eigenvalue weighted by molar-refractivity contribution is -0.157. The molecular weight excluding hydrogens is 334 g/mol. The van der Waals surface area contributed by atoms with Crippen LogP contribution >= 0.6 is 0 Å². The first-order chi connectivity index (χ1) is 12.6. The second-order valence-electron chi connectivity index (χ2n) is 6.06. The number of aromatic amines is 1. The third-order valence-corrected chi connectivity index (χ3v) is 4.29. The summed E-state index contributed by atoms with van der Waals surface area (Å²) >= 11 is 0. The Kier molecular flexibility index (Phi) is 4.08. The molecule has 0 saturated carbocycles. The third-order valence-electron chi connectivity index (χ3n) is 4.29. The van der Waals surface area contributed by atoms with Crippen molar-refractivity contribution in [2.45, 2.75) is 19.1 Å². The molecular formula is C20H17NO5. The topological polar surface area (TPSA) is 77.6 Å². The summed E-state index contributed by atoms with van der Waals surface area (Å²) in [7, 11) is 0. The van der Waals surface area contributed by atoms with Gasteiger partial charge in [0.2, 0.25) is 11.9 Å². The number of carbonyl (C=O) groups excluding carboxylic acids is 2. The summed E-state index contributed by atoms with van der Waals surface area (Å²) in [6.45, 7) is 1.60. The molecule has 26 heavy (non-hydrogen) atoms. The van der Waals surface area contributed by atoms with Crippen LogP contribution in [0.3, 0.4) is 0 Å². The van der Waals surface area contributed by atoms with Gasteiger partial charge in [-0.25, -0.2) is 4.79 Å². The second kappa shape index (κ2) is 6.55. The number of H-pyrrole nitrogens is 1. The highest BCUT2D eigenvalue weighted by Crippen LogP contribution is 2.31. The van der Waals surface area contributed by atoms with Gasteiger partial charge in [-0.1, -0.05) is 30.3 Å². The van der Waals surface area contributed by atoms with Gasteiger partial charge in [0.05, 0.1) is 0 Å². The molecule has 132 valence electrons. The number of fused-ring (bicyclic) bond motifs is 2. The molecule has 0 aliphatic carbocycles. The van der Waals surface area contributed by atoms with Gasteiger partial charge in [0, 0.05) is 22.7 Å².